The first-order valence-corrected chi connectivity index (χ1v) is 12.0. The van der Waals surface area contributed by atoms with Crippen LogP contribution in [0.5, 0.6) is 0 Å². The highest BCUT2D eigenvalue weighted by Crippen LogP contribution is 2.46. The molecule has 1 heterocycles. The Morgan fingerprint density at radius 1 is 0.500 bits per heavy atom. The molecule has 0 unspecified atom stereocenters. The fraction of sp³-hybridized carbons (Fsp3) is 0. The molecule has 0 spiro atoms. The van der Waals surface area contributed by atoms with Crippen LogP contribution < -0.4 is 5.46 Å². The minimum Gasteiger partial charge on any atom is -0.456 e. The van der Waals surface area contributed by atoms with E-state index in [9.17, 15) is 10.0 Å². The lowest BCUT2D eigenvalue weighted by Gasteiger charge is -2.18. The van der Waals surface area contributed by atoms with Crippen molar-refractivity contribution in [1.82, 2.24) is 0 Å². The van der Waals surface area contributed by atoms with Crippen LogP contribution in [0.4, 0.5) is 0 Å². The molecular weight excluding hydrogens is 443 g/mol. The molecule has 0 atom stereocenters. The lowest BCUT2D eigenvalue weighted by Crippen LogP contribution is -2.29. The van der Waals surface area contributed by atoms with Crippen molar-refractivity contribution in [2.45, 2.75) is 0 Å². The fourth-order valence-corrected chi connectivity index (χ4v) is 5.57. The standard InChI is InChI=1S/C32H21BO3/c34-33(35)21-10-7-9-20(19-21)30-22-11-1-3-13-24(22)31(25-14-4-2-12-23(25)30)27-16-8-18-29-32(27)26-15-5-6-17-28(26)36-29/h1-19,34-35H. The quantitative estimate of drug-likeness (QED) is 0.221. The van der Waals surface area contributed by atoms with Gasteiger partial charge in [-0.3, -0.25) is 0 Å². The van der Waals surface area contributed by atoms with E-state index in [1.54, 1.807) is 6.07 Å². The Morgan fingerprint density at radius 2 is 1.06 bits per heavy atom. The van der Waals surface area contributed by atoms with Gasteiger partial charge in [0.25, 0.3) is 0 Å². The highest BCUT2D eigenvalue weighted by atomic mass is 16.4. The number of fused-ring (bicyclic) bond motifs is 5. The number of rotatable bonds is 3. The molecule has 0 saturated heterocycles. The number of hydrogen-bond acceptors (Lipinski definition) is 3. The molecule has 1 aromatic heterocycles. The highest BCUT2D eigenvalue weighted by molar-refractivity contribution is 6.58. The van der Waals surface area contributed by atoms with Gasteiger partial charge in [-0.2, -0.15) is 0 Å². The van der Waals surface area contributed by atoms with Gasteiger partial charge in [0.15, 0.2) is 0 Å². The van der Waals surface area contributed by atoms with E-state index >= 15 is 0 Å². The number of para-hydroxylation sites is 1. The molecule has 0 aliphatic heterocycles. The van der Waals surface area contributed by atoms with Gasteiger partial charge in [-0.05, 0) is 61.4 Å². The summed E-state index contributed by atoms with van der Waals surface area (Å²) in [5.41, 5.74) is 6.55. The summed E-state index contributed by atoms with van der Waals surface area (Å²) in [6.07, 6.45) is 0. The predicted octanol–water partition coefficient (Wildman–Crippen LogP) is 6.91. The van der Waals surface area contributed by atoms with Gasteiger partial charge in [0, 0.05) is 10.8 Å². The van der Waals surface area contributed by atoms with Crippen LogP contribution in [-0.4, -0.2) is 17.2 Å². The average Bonchev–Trinajstić information content (AvgIpc) is 3.31. The molecule has 0 fully saturated rings. The summed E-state index contributed by atoms with van der Waals surface area (Å²) in [5, 5.41) is 26.4. The van der Waals surface area contributed by atoms with Crippen molar-refractivity contribution in [2.24, 2.45) is 0 Å². The van der Waals surface area contributed by atoms with Crippen LogP contribution in [0.15, 0.2) is 120 Å². The summed E-state index contributed by atoms with van der Waals surface area (Å²) in [6.45, 7) is 0. The molecule has 2 N–H and O–H groups in total. The van der Waals surface area contributed by atoms with Crippen LogP contribution in [0.25, 0.3) is 65.7 Å². The minimum atomic E-state index is -1.52. The van der Waals surface area contributed by atoms with Crippen molar-refractivity contribution < 1.29 is 14.5 Å². The zero-order valence-electron chi connectivity index (χ0n) is 19.3. The number of furan rings is 1. The van der Waals surface area contributed by atoms with Gasteiger partial charge in [0.1, 0.15) is 11.2 Å². The normalized spacial score (nSPS) is 11.6. The summed E-state index contributed by atoms with van der Waals surface area (Å²) in [7, 11) is -1.52. The van der Waals surface area contributed by atoms with Crippen LogP contribution in [0, 0.1) is 0 Å². The van der Waals surface area contributed by atoms with Crippen molar-refractivity contribution in [2.75, 3.05) is 0 Å². The first-order valence-electron chi connectivity index (χ1n) is 12.0. The maximum Gasteiger partial charge on any atom is 0.488 e. The SMILES string of the molecule is OB(O)c1cccc(-c2c3ccccc3c(-c3cccc4oc5ccccc5c34)c3ccccc23)c1. The Kier molecular flexibility index (Phi) is 4.71. The average molecular weight is 464 g/mol. The van der Waals surface area contributed by atoms with Crippen molar-refractivity contribution in [1.29, 1.82) is 0 Å². The summed E-state index contributed by atoms with van der Waals surface area (Å²) in [4.78, 5) is 0. The van der Waals surface area contributed by atoms with E-state index in [2.05, 4.69) is 72.8 Å². The molecule has 6 aromatic carbocycles. The van der Waals surface area contributed by atoms with Gasteiger partial charge in [0.05, 0.1) is 0 Å². The van der Waals surface area contributed by atoms with E-state index in [1.165, 1.54) is 5.56 Å². The summed E-state index contributed by atoms with van der Waals surface area (Å²) < 4.78 is 6.22. The maximum atomic E-state index is 9.83. The Labute approximate surface area is 208 Å². The first-order chi connectivity index (χ1) is 17.7. The molecule has 0 saturated carbocycles. The fourth-order valence-electron chi connectivity index (χ4n) is 5.57. The van der Waals surface area contributed by atoms with Crippen molar-refractivity contribution in [3.8, 4) is 22.3 Å². The smallest absolute Gasteiger partial charge is 0.456 e. The third-order valence-corrected chi connectivity index (χ3v) is 7.08. The summed E-state index contributed by atoms with van der Waals surface area (Å²) in [5.74, 6) is 0. The van der Waals surface area contributed by atoms with Gasteiger partial charge >= 0.3 is 7.12 Å². The zero-order chi connectivity index (χ0) is 24.2. The van der Waals surface area contributed by atoms with E-state index in [1.807, 2.05) is 36.4 Å². The number of hydrogen-bond donors (Lipinski definition) is 2. The Bertz CT molecular complexity index is 1880. The van der Waals surface area contributed by atoms with Crippen molar-refractivity contribution in [3.63, 3.8) is 0 Å². The van der Waals surface area contributed by atoms with Crippen molar-refractivity contribution in [3.05, 3.63) is 115 Å². The second-order valence-corrected chi connectivity index (χ2v) is 9.12. The molecule has 3 nitrogen and oxygen atoms in total. The molecular formula is C32H21BO3. The minimum absolute atomic E-state index is 0.472. The lowest BCUT2D eigenvalue weighted by atomic mass is 9.78. The van der Waals surface area contributed by atoms with E-state index in [4.69, 9.17) is 4.42 Å². The van der Waals surface area contributed by atoms with Gasteiger partial charge in [0.2, 0.25) is 0 Å². The van der Waals surface area contributed by atoms with Gasteiger partial charge < -0.3 is 14.5 Å². The molecule has 7 rings (SSSR count). The molecule has 0 radical (unpaired) electrons. The lowest BCUT2D eigenvalue weighted by molar-refractivity contribution is 0.426. The van der Waals surface area contributed by atoms with Crippen LogP contribution in [0.1, 0.15) is 0 Å². The molecule has 170 valence electrons. The number of benzene rings is 6. The van der Waals surface area contributed by atoms with Crippen LogP contribution in [-0.2, 0) is 0 Å². The second-order valence-electron chi connectivity index (χ2n) is 9.12. The maximum absolute atomic E-state index is 9.83. The third kappa shape index (κ3) is 3.09. The van der Waals surface area contributed by atoms with Crippen LogP contribution in [0.2, 0.25) is 0 Å². The van der Waals surface area contributed by atoms with E-state index < -0.39 is 7.12 Å². The summed E-state index contributed by atoms with van der Waals surface area (Å²) in [6, 6.07) is 38.9. The zero-order valence-corrected chi connectivity index (χ0v) is 19.3. The molecule has 36 heavy (non-hydrogen) atoms. The molecule has 0 aliphatic rings. The first kappa shape index (κ1) is 21.0. The second kappa shape index (κ2) is 8.09. The van der Waals surface area contributed by atoms with Crippen LogP contribution >= 0.6 is 0 Å². The van der Waals surface area contributed by atoms with Gasteiger partial charge in [-0.25, -0.2) is 0 Å². The van der Waals surface area contributed by atoms with Gasteiger partial charge in [-0.1, -0.05) is 103 Å². The van der Waals surface area contributed by atoms with Crippen molar-refractivity contribution >= 4 is 56.1 Å². The van der Waals surface area contributed by atoms with Crippen LogP contribution in [0.3, 0.4) is 0 Å². The Balaban J connectivity index is 1.66. The Morgan fingerprint density at radius 3 is 1.72 bits per heavy atom. The highest BCUT2D eigenvalue weighted by Gasteiger charge is 2.20. The van der Waals surface area contributed by atoms with E-state index in [0.717, 1.165) is 60.2 Å². The molecule has 4 heteroatoms. The molecule has 0 bridgehead atoms. The Hall–Kier alpha value is -4.38. The monoisotopic (exact) mass is 464 g/mol. The molecule has 7 aromatic rings. The molecule has 0 amide bonds. The predicted molar refractivity (Wildman–Crippen MR) is 149 cm³/mol. The van der Waals surface area contributed by atoms with Gasteiger partial charge in [-0.15, -0.1) is 0 Å². The van der Waals surface area contributed by atoms with E-state index in [-0.39, 0.29) is 0 Å². The third-order valence-electron chi connectivity index (χ3n) is 7.08. The van der Waals surface area contributed by atoms with E-state index in [0.29, 0.717) is 5.46 Å². The molecule has 0 aliphatic carbocycles. The topological polar surface area (TPSA) is 53.6 Å². The largest absolute Gasteiger partial charge is 0.488 e. The summed E-state index contributed by atoms with van der Waals surface area (Å²) >= 11 is 0.